The molecule has 0 aromatic heterocycles. The summed E-state index contributed by atoms with van der Waals surface area (Å²) in [6.07, 6.45) is 0.948. The van der Waals surface area contributed by atoms with Gasteiger partial charge in [-0.1, -0.05) is 19.1 Å². The first-order valence-electron chi connectivity index (χ1n) is 8.04. The van der Waals surface area contributed by atoms with Crippen molar-refractivity contribution in [1.82, 2.24) is 9.80 Å². The lowest BCUT2D eigenvalue weighted by Crippen LogP contribution is -2.51. The van der Waals surface area contributed by atoms with E-state index in [-0.39, 0.29) is 17.9 Å². The van der Waals surface area contributed by atoms with E-state index in [0.29, 0.717) is 5.56 Å². The number of likely N-dealkylation sites (N-methyl/N-ethyl adjacent to an activating group) is 1. The number of piperazine rings is 1. The van der Waals surface area contributed by atoms with Crippen molar-refractivity contribution in [1.29, 1.82) is 0 Å². The van der Waals surface area contributed by atoms with E-state index in [4.69, 9.17) is 9.29 Å². The summed E-state index contributed by atoms with van der Waals surface area (Å²) in [5.41, 5.74) is 1.66. The Hall–Kier alpha value is -1.15. The highest BCUT2D eigenvalue weighted by atomic mass is 32.2. The minimum Gasteiger partial charge on any atom is -0.474 e. The molecule has 0 amide bonds. The van der Waals surface area contributed by atoms with Gasteiger partial charge in [0.05, 0.1) is 0 Å². The Morgan fingerprint density at radius 1 is 1.26 bits per heavy atom. The van der Waals surface area contributed by atoms with Gasteiger partial charge in [-0.3, -0.25) is 9.45 Å². The van der Waals surface area contributed by atoms with Gasteiger partial charge >= 0.3 is 0 Å². The molecule has 1 aromatic rings. The van der Waals surface area contributed by atoms with Gasteiger partial charge in [-0.15, -0.1) is 0 Å². The van der Waals surface area contributed by atoms with Crippen molar-refractivity contribution in [2.24, 2.45) is 0 Å². The highest BCUT2D eigenvalue weighted by molar-refractivity contribution is 7.85. The second-order valence-corrected chi connectivity index (χ2v) is 7.91. The molecule has 1 aromatic carbocycles. The van der Waals surface area contributed by atoms with Crippen molar-refractivity contribution in [2.45, 2.75) is 31.2 Å². The molecule has 2 aliphatic heterocycles. The van der Waals surface area contributed by atoms with E-state index in [0.717, 1.165) is 43.9 Å². The van der Waals surface area contributed by atoms with E-state index in [1.165, 1.54) is 0 Å². The molecule has 1 fully saturated rings. The van der Waals surface area contributed by atoms with Crippen molar-refractivity contribution in [3.63, 3.8) is 0 Å². The van der Waals surface area contributed by atoms with Crippen LogP contribution in [0.2, 0.25) is 0 Å². The molecule has 7 heteroatoms. The average molecular weight is 340 g/mol. The molecule has 0 saturated carbocycles. The van der Waals surface area contributed by atoms with Gasteiger partial charge in [0.1, 0.15) is 11.5 Å². The molecule has 23 heavy (non-hydrogen) atoms. The quantitative estimate of drug-likeness (QED) is 0.839. The molecule has 2 aliphatic rings. The maximum atomic E-state index is 11.1. The summed E-state index contributed by atoms with van der Waals surface area (Å²) in [5.74, 6) is 0.713. The van der Waals surface area contributed by atoms with Gasteiger partial charge in [0.25, 0.3) is 10.1 Å². The predicted molar refractivity (Wildman–Crippen MR) is 88.2 cm³/mol. The number of fused-ring (bicyclic) bond motifs is 1. The largest absolute Gasteiger partial charge is 0.474 e. The van der Waals surface area contributed by atoms with Gasteiger partial charge in [0.2, 0.25) is 0 Å². The van der Waals surface area contributed by atoms with Crippen LogP contribution in [0.4, 0.5) is 0 Å². The highest BCUT2D eigenvalue weighted by Crippen LogP contribution is 2.42. The molecule has 3 rings (SSSR count). The number of hydrogen-bond acceptors (Lipinski definition) is 5. The first-order chi connectivity index (χ1) is 10.9. The Morgan fingerprint density at radius 2 is 1.96 bits per heavy atom. The van der Waals surface area contributed by atoms with Crippen LogP contribution in [0.3, 0.4) is 0 Å². The summed E-state index contributed by atoms with van der Waals surface area (Å²) in [6.45, 7) is 6.13. The molecule has 128 valence electrons. The Kier molecular flexibility index (Phi) is 4.64. The number of ether oxygens (including phenoxy) is 1. The summed E-state index contributed by atoms with van der Waals surface area (Å²) >= 11 is 0. The summed E-state index contributed by atoms with van der Waals surface area (Å²) in [6, 6.07) is 5.41. The summed E-state index contributed by atoms with van der Waals surface area (Å²) in [4.78, 5) is 4.68. The molecule has 1 saturated heterocycles. The van der Waals surface area contributed by atoms with Crippen LogP contribution in [-0.4, -0.2) is 62.2 Å². The van der Waals surface area contributed by atoms with Gasteiger partial charge in [0, 0.05) is 37.7 Å². The molecule has 0 spiro atoms. The Bertz CT molecular complexity index is 669. The van der Waals surface area contributed by atoms with E-state index >= 15 is 0 Å². The van der Waals surface area contributed by atoms with Gasteiger partial charge in [-0.25, -0.2) is 0 Å². The number of nitrogens with zero attached hydrogens (tertiary/aromatic N) is 2. The molecular formula is C16H24N2O4S. The molecule has 2 unspecified atom stereocenters. The van der Waals surface area contributed by atoms with Crippen molar-refractivity contribution in [2.75, 3.05) is 33.2 Å². The van der Waals surface area contributed by atoms with Gasteiger partial charge in [-0.2, -0.15) is 8.42 Å². The van der Waals surface area contributed by atoms with Crippen LogP contribution in [0.15, 0.2) is 18.2 Å². The second-order valence-electron chi connectivity index (χ2n) is 6.46. The van der Waals surface area contributed by atoms with Crippen LogP contribution in [0.25, 0.3) is 0 Å². The van der Waals surface area contributed by atoms with Crippen molar-refractivity contribution < 1.29 is 17.7 Å². The van der Waals surface area contributed by atoms with Gasteiger partial charge in [-0.05, 0) is 25.1 Å². The predicted octanol–water partition coefficient (Wildman–Crippen LogP) is 1.53. The molecule has 2 heterocycles. The average Bonchev–Trinajstić information content (AvgIpc) is 2.84. The molecular weight excluding hydrogens is 316 g/mol. The Balaban J connectivity index is 1.82. The van der Waals surface area contributed by atoms with Gasteiger partial charge in [0.15, 0.2) is 6.23 Å². The highest BCUT2D eigenvalue weighted by Gasteiger charge is 2.38. The lowest BCUT2D eigenvalue weighted by atomic mass is 9.94. The monoisotopic (exact) mass is 340 g/mol. The summed E-state index contributed by atoms with van der Waals surface area (Å²) in [7, 11) is -1.89. The van der Waals surface area contributed by atoms with Crippen LogP contribution in [-0.2, 0) is 15.9 Å². The van der Waals surface area contributed by atoms with Crippen molar-refractivity contribution in [3.8, 4) is 5.75 Å². The Morgan fingerprint density at radius 3 is 2.57 bits per heavy atom. The van der Waals surface area contributed by atoms with E-state index in [1.54, 1.807) is 6.07 Å². The smallest absolute Gasteiger partial charge is 0.269 e. The fourth-order valence-electron chi connectivity index (χ4n) is 3.49. The van der Waals surface area contributed by atoms with Gasteiger partial charge < -0.3 is 9.64 Å². The molecule has 1 N–H and O–H groups in total. The topological polar surface area (TPSA) is 70.1 Å². The van der Waals surface area contributed by atoms with E-state index < -0.39 is 10.1 Å². The van der Waals surface area contributed by atoms with E-state index in [2.05, 4.69) is 23.8 Å². The fraction of sp³-hybridized carbons (Fsp3) is 0.625. The summed E-state index contributed by atoms with van der Waals surface area (Å²) in [5, 5.41) is 0. The Labute approximate surface area is 137 Å². The zero-order valence-electron chi connectivity index (χ0n) is 13.6. The maximum absolute atomic E-state index is 11.1. The lowest BCUT2D eigenvalue weighted by molar-refractivity contribution is -0.00491. The third-order valence-corrected chi connectivity index (χ3v) is 5.45. The minimum absolute atomic E-state index is 0.0182. The molecule has 6 nitrogen and oxygen atoms in total. The summed E-state index contributed by atoms with van der Waals surface area (Å²) < 4.78 is 37.4. The SMILES string of the molecule is CCC1c2cc(CS(=O)(=O)O)ccc2OC1N1CCN(C)CC1. The van der Waals surface area contributed by atoms with Crippen LogP contribution in [0.5, 0.6) is 5.75 Å². The van der Waals surface area contributed by atoms with Crippen LogP contribution in [0.1, 0.15) is 30.4 Å². The van der Waals surface area contributed by atoms with E-state index in [1.807, 2.05) is 12.1 Å². The number of rotatable bonds is 4. The number of benzene rings is 1. The molecule has 0 aliphatic carbocycles. The fourth-order valence-corrected chi connectivity index (χ4v) is 4.09. The minimum atomic E-state index is -4.02. The number of hydrogen-bond donors (Lipinski definition) is 1. The molecule has 0 radical (unpaired) electrons. The molecule has 0 bridgehead atoms. The van der Waals surface area contributed by atoms with E-state index in [9.17, 15) is 8.42 Å². The van der Waals surface area contributed by atoms with Crippen molar-refractivity contribution in [3.05, 3.63) is 29.3 Å². The zero-order valence-corrected chi connectivity index (χ0v) is 14.4. The third-order valence-electron chi connectivity index (χ3n) is 4.75. The zero-order chi connectivity index (χ0) is 16.6. The van der Waals surface area contributed by atoms with Crippen molar-refractivity contribution >= 4 is 10.1 Å². The standard InChI is InChI=1S/C16H24N2O4S/c1-3-13-14-10-12(11-23(19,20)21)4-5-15(14)22-16(13)18-8-6-17(2)7-9-18/h4-5,10,13,16H,3,6-9,11H2,1-2H3,(H,19,20,21). The first kappa shape index (κ1) is 16.7. The molecule has 2 atom stereocenters. The second kappa shape index (κ2) is 6.39. The third kappa shape index (κ3) is 3.68. The van der Waals surface area contributed by atoms with Crippen LogP contribution in [0, 0.1) is 0 Å². The van der Waals surface area contributed by atoms with Crippen LogP contribution < -0.4 is 4.74 Å². The normalized spacial score (nSPS) is 26.0. The maximum Gasteiger partial charge on any atom is 0.269 e. The first-order valence-corrected chi connectivity index (χ1v) is 9.65. The van der Waals surface area contributed by atoms with Crippen LogP contribution >= 0.6 is 0 Å². The lowest BCUT2D eigenvalue weighted by Gasteiger charge is -2.37.